The zero-order valence-corrected chi connectivity index (χ0v) is 15.2. The minimum Gasteiger partial charge on any atom is -0.302 e. The van der Waals surface area contributed by atoms with Crippen LogP contribution in [-0.2, 0) is 4.79 Å². The fourth-order valence-electron chi connectivity index (χ4n) is 3.22. The standard InChI is InChI=1S/C18H17N3O5.ClH/c1-11-17(22)10-16(12-2-6-14(7-3-12)20(23)24)19-18(11)13-4-8-15(9-5-13)21(25)26;/h2-9,11,16,18-19H,10H2,1H3;1H. The molecule has 0 aromatic heterocycles. The van der Waals surface area contributed by atoms with E-state index < -0.39 is 9.85 Å². The summed E-state index contributed by atoms with van der Waals surface area (Å²) in [5.41, 5.74) is 1.58. The maximum Gasteiger partial charge on any atom is 0.269 e. The summed E-state index contributed by atoms with van der Waals surface area (Å²) in [6, 6.07) is 11.7. The monoisotopic (exact) mass is 391 g/mol. The molecule has 27 heavy (non-hydrogen) atoms. The Bertz CT molecular complexity index is 854. The lowest BCUT2D eigenvalue weighted by molar-refractivity contribution is -0.385. The molecule has 142 valence electrons. The average Bonchev–Trinajstić information content (AvgIpc) is 2.64. The Morgan fingerprint density at radius 3 is 1.78 bits per heavy atom. The Labute approximate surface area is 161 Å². The summed E-state index contributed by atoms with van der Waals surface area (Å²) in [6.07, 6.45) is 0.294. The highest BCUT2D eigenvalue weighted by molar-refractivity contribution is 5.85. The van der Waals surface area contributed by atoms with Crippen molar-refractivity contribution in [2.24, 2.45) is 5.92 Å². The van der Waals surface area contributed by atoms with Gasteiger partial charge < -0.3 is 5.32 Å². The number of hydrogen-bond donors (Lipinski definition) is 1. The minimum absolute atomic E-state index is 0. The van der Waals surface area contributed by atoms with Crippen LogP contribution in [0, 0.1) is 26.1 Å². The van der Waals surface area contributed by atoms with Crippen LogP contribution in [0.2, 0.25) is 0 Å². The second-order valence-corrected chi connectivity index (χ2v) is 6.35. The van der Waals surface area contributed by atoms with E-state index in [9.17, 15) is 25.0 Å². The van der Waals surface area contributed by atoms with Gasteiger partial charge in [0.25, 0.3) is 11.4 Å². The molecule has 1 aliphatic heterocycles. The summed E-state index contributed by atoms with van der Waals surface area (Å²) in [7, 11) is 0. The van der Waals surface area contributed by atoms with Crippen molar-refractivity contribution in [1.82, 2.24) is 5.32 Å². The summed E-state index contributed by atoms with van der Waals surface area (Å²) in [4.78, 5) is 33.1. The van der Waals surface area contributed by atoms with Crippen LogP contribution in [0.4, 0.5) is 11.4 Å². The van der Waals surface area contributed by atoms with Gasteiger partial charge >= 0.3 is 0 Å². The Balaban J connectivity index is 0.00000261. The maximum absolute atomic E-state index is 12.5. The topological polar surface area (TPSA) is 115 Å². The van der Waals surface area contributed by atoms with E-state index >= 15 is 0 Å². The first-order valence-corrected chi connectivity index (χ1v) is 8.14. The van der Waals surface area contributed by atoms with Gasteiger partial charge in [0.2, 0.25) is 0 Å². The third-order valence-corrected chi connectivity index (χ3v) is 4.76. The van der Waals surface area contributed by atoms with Crippen LogP contribution >= 0.6 is 12.4 Å². The minimum atomic E-state index is -0.467. The van der Waals surface area contributed by atoms with E-state index in [1.54, 1.807) is 24.3 Å². The number of hydrogen-bond acceptors (Lipinski definition) is 6. The van der Waals surface area contributed by atoms with Crippen molar-refractivity contribution in [2.75, 3.05) is 0 Å². The Hall–Kier alpha value is -2.84. The number of nitrogens with one attached hydrogen (secondary N) is 1. The number of carbonyl (C=O) groups excluding carboxylic acids is 1. The summed E-state index contributed by atoms with van der Waals surface area (Å²) in [5.74, 6) is -0.193. The van der Waals surface area contributed by atoms with Crippen molar-refractivity contribution < 1.29 is 14.6 Å². The van der Waals surface area contributed by atoms with Crippen molar-refractivity contribution in [3.63, 3.8) is 0 Å². The first-order valence-electron chi connectivity index (χ1n) is 8.14. The highest BCUT2D eigenvalue weighted by Gasteiger charge is 2.35. The number of nitro benzene ring substituents is 2. The van der Waals surface area contributed by atoms with Gasteiger partial charge in [-0.05, 0) is 11.1 Å². The van der Waals surface area contributed by atoms with Crippen molar-refractivity contribution in [2.45, 2.75) is 25.4 Å². The number of nitro groups is 2. The Morgan fingerprint density at radius 2 is 1.33 bits per heavy atom. The number of halogens is 1. The van der Waals surface area contributed by atoms with Gasteiger partial charge in [-0.25, -0.2) is 0 Å². The summed E-state index contributed by atoms with van der Waals surface area (Å²) in [6.45, 7) is 1.83. The van der Waals surface area contributed by atoms with E-state index in [0.29, 0.717) is 6.42 Å². The number of Topliss-reactive ketones (excluding diaryl/α,β-unsaturated/α-hetero) is 1. The number of ketones is 1. The average molecular weight is 392 g/mol. The number of carbonyl (C=O) groups is 1. The molecule has 8 nitrogen and oxygen atoms in total. The first-order chi connectivity index (χ1) is 12.4. The molecule has 1 saturated heterocycles. The molecule has 3 rings (SSSR count). The van der Waals surface area contributed by atoms with Crippen LogP contribution in [-0.4, -0.2) is 15.6 Å². The van der Waals surface area contributed by atoms with Gasteiger partial charge in [-0.3, -0.25) is 25.0 Å². The molecule has 1 heterocycles. The second kappa shape index (κ2) is 8.24. The van der Waals surface area contributed by atoms with E-state index in [2.05, 4.69) is 5.32 Å². The lowest BCUT2D eigenvalue weighted by atomic mass is 9.82. The second-order valence-electron chi connectivity index (χ2n) is 6.35. The van der Waals surface area contributed by atoms with Crippen LogP contribution in [0.25, 0.3) is 0 Å². The van der Waals surface area contributed by atoms with Crippen LogP contribution in [0.1, 0.15) is 36.6 Å². The molecular weight excluding hydrogens is 374 g/mol. The van der Waals surface area contributed by atoms with E-state index in [0.717, 1.165) is 11.1 Å². The smallest absolute Gasteiger partial charge is 0.269 e. The molecule has 3 unspecified atom stereocenters. The molecule has 2 aromatic carbocycles. The van der Waals surface area contributed by atoms with E-state index in [4.69, 9.17) is 0 Å². The van der Waals surface area contributed by atoms with Crippen molar-refractivity contribution in [1.29, 1.82) is 0 Å². The van der Waals surface area contributed by atoms with Crippen LogP contribution in [0.5, 0.6) is 0 Å². The molecule has 0 radical (unpaired) electrons. The lowest BCUT2D eigenvalue weighted by Gasteiger charge is -2.35. The number of benzene rings is 2. The van der Waals surface area contributed by atoms with Crippen molar-refractivity contribution in [3.05, 3.63) is 79.9 Å². The number of piperidine rings is 1. The Kier molecular flexibility index (Phi) is 6.24. The third kappa shape index (κ3) is 4.29. The normalized spacial score (nSPS) is 22.0. The van der Waals surface area contributed by atoms with Gasteiger partial charge in [0.15, 0.2) is 0 Å². The predicted octanol–water partition coefficient (Wildman–Crippen LogP) is 3.91. The highest BCUT2D eigenvalue weighted by Crippen LogP contribution is 2.35. The molecule has 9 heteroatoms. The Morgan fingerprint density at radius 1 is 0.889 bits per heavy atom. The molecule has 0 aliphatic carbocycles. The van der Waals surface area contributed by atoms with Gasteiger partial charge in [-0.15, -0.1) is 12.4 Å². The van der Waals surface area contributed by atoms with Crippen LogP contribution in [0.3, 0.4) is 0 Å². The van der Waals surface area contributed by atoms with Crippen molar-refractivity contribution in [3.8, 4) is 0 Å². The fraction of sp³-hybridized carbons (Fsp3) is 0.278. The molecule has 0 bridgehead atoms. The molecular formula is C18H18ClN3O5. The van der Waals surface area contributed by atoms with Crippen LogP contribution in [0.15, 0.2) is 48.5 Å². The lowest BCUT2D eigenvalue weighted by Crippen LogP contribution is -2.41. The highest BCUT2D eigenvalue weighted by atomic mass is 35.5. The molecule has 1 N–H and O–H groups in total. The molecule has 1 fully saturated rings. The molecule has 2 aromatic rings. The number of nitrogens with zero attached hydrogens (tertiary/aromatic N) is 2. The van der Waals surface area contributed by atoms with E-state index in [1.807, 2.05) is 6.92 Å². The van der Waals surface area contributed by atoms with Crippen molar-refractivity contribution >= 4 is 29.6 Å². The number of non-ortho nitro benzene ring substituents is 2. The third-order valence-electron chi connectivity index (χ3n) is 4.76. The predicted molar refractivity (Wildman–Crippen MR) is 101 cm³/mol. The zero-order valence-electron chi connectivity index (χ0n) is 14.4. The van der Waals surface area contributed by atoms with Gasteiger partial charge in [0.05, 0.1) is 9.85 Å². The molecule has 0 saturated carbocycles. The fourth-order valence-corrected chi connectivity index (χ4v) is 3.22. The summed E-state index contributed by atoms with van der Waals surface area (Å²) < 4.78 is 0. The maximum atomic E-state index is 12.5. The molecule has 1 aliphatic rings. The largest absolute Gasteiger partial charge is 0.302 e. The van der Waals surface area contributed by atoms with Gasteiger partial charge in [-0.1, -0.05) is 31.2 Å². The summed E-state index contributed by atoms with van der Waals surface area (Å²) >= 11 is 0. The summed E-state index contributed by atoms with van der Waals surface area (Å²) in [5, 5.41) is 25.0. The van der Waals surface area contributed by atoms with E-state index in [-0.39, 0.29) is 47.6 Å². The molecule has 0 spiro atoms. The van der Waals surface area contributed by atoms with E-state index in [1.165, 1.54) is 24.3 Å². The quantitative estimate of drug-likeness (QED) is 0.624. The van der Waals surface area contributed by atoms with Crippen LogP contribution < -0.4 is 5.32 Å². The SMILES string of the molecule is CC1C(=O)CC(c2ccc([N+](=O)[O-])cc2)NC1c1ccc([N+](=O)[O-])cc1.Cl. The van der Waals surface area contributed by atoms with Gasteiger partial charge in [-0.2, -0.15) is 0 Å². The van der Waals surface area contributed by atoms with Gasteiger partial charge in [0.1, 0.15) is 5.78 Å². The zero-order chi connectivity index (χ0) is 18.8. The molecule has 3 atom stereocenters. The first kappa shape index (κ1) is 20.5. The molecule has 0 amide bonds. The number of rotatable bonds is 4. The van der Waals surface area contributed by atoms with Gasteiger partial charge in [0, 0.05) is 48.7 Å².